The summed E-state index contributed by atoms with van der Waals surface area (Å²) in [5.41, 5.74) is 3.23. The molecule has 4 rings (SSSR count). The summed E-state index contributed by atoms with van der Waals surface area (Å²) >= 11 is 5.98. The summed E-state index contributed by atoms with van der Waals surface area (Å²) in [4.78, 5) is 14.9. The average molecular weight is 486 g/mol. The van der Waals surface area contributed by atoms with E-state index in [0.717, 1.165) is 24.3 Å². The molecule has 9 heteroatoms. The van der Waals surface area contributed by atoms with E-state index >= 15 is 0 Å². The van der Waals surface area contributed by atoms with Gasteiger partial charge in [0.25, 0.3) is 15.9 Å². The highest BCUT2D eigenvalue weighted by Crippen LogP contribution is 2.24. The molecule has 1 heterocycles. The molecular weight excluding hydrogens is 462 g/mol. The standard InChI is InChI=1S/C24H24ClN3O4S/c1-17-2-5-19(25)16-23(17)27-33(30,31)22-10-6-20(7-11-22)26-24(29)18-3-8-21(9-4-18)28-12-14-32-15-13-28/h2-11,16,27H,12-15H2,1H3,(H,26,29). The number of hydrogen-bond donors (Lipinski definition) is 2. The summed E-state index contributed by atoms with van der Waals surface area (Å²) in [7, 11) is -3.80. The van der Waals surface area contributed by atoms with Crippen molar-refractivity contribution in [2.45, 2.75) is 11.8 Å². The van der Waals surface area contributed by atoms with Crippen molar-refractivity contribution in [2.24, 2.45) is 0 Å². The summed E-state index contributed by atoms with van der Waals surface area (Å²) in [5, 5.41) is 3.24. The van der Waals surface area contributed by atoms with Gasteiger partial charge in [-0.25, -0.2) is 8.42 Å². The van der Waals surface area contributed by atoms with E-state index in [-0.39, 0.29) is 10.8 Å². The van der Waals surface area contributed by atoms with E-state index in [1.165, 1.54) is 12.1 Å². The molecule has 0 aliphatic carbocycles. The van der Waals surface area contributed by atoms with Crippen LogP contribution in [0.1, 0.15) is 15.9 Å². The van der Waals surface area contributed by atoms with Crippen LogP contribution in [0, 0.1) is 6.92 Å². The van der Waals surface area contributed by atoms with Crippen molar-refractivity contribution in [2.75, 3.05) is 41.2 Å². The highest BCUT2D eigenvalue weighted by molar-refractivity contribution is 7.92. The van der Waals surface area contributed by atoms with Crippen LogP contribution in [-0.2, 0) is 14.8 Å². The summed E-state index contributed by atoms with van der Waals surface area (Å²) in [6.07, 6.45) is 0. The lowest BCUT2D eigenvalue weighted by atomic mass is 10.1. The molecule has 3 aromatic rings. The average Bonchev–Trinajstić information content (AvgIpc) is 2.82. The zero-order valence-electron chi connectivity index (χ0n) is 18.0. The lowest BCUT2D eigenvalue weighted by Crippen LogP contribution is -2.36. The van der Waals surface area contributed by atoms with E-state index in [1.54, 1.807) is 49.4 Å². The van der Waals surface area contributed by atoms with Crippen molar-refractivity contribution in [3.8, 4) is 0 Å². The molecule has 0 spiro atoms. The smallest absolute Gasteiger partial charge is 0.261 e. The number of rotatable bonds is 6. The number of ether oxygens (including phenoxy) is 1. The van der Waals surface area contributed by atoms with E-state index in [2.05, 4.69) is 14.9 Å². The Hall–Kier alpha value is -3.07. The van der Waals surface area contributed by atoms with Crippen molar-refractivity contribution in [3.63, 3.8) is 0 Å². The molecule has 7 nitrogen and oxygen atoms in total. The number of hydrogen-bond acceptors (Lipinski definition) is 5. The molecule has 1 saturated heterocycles. The van der Waals surface area contributed by atoms with Gasteiger partial charge in [-0.1, -0.05) is 17.7 Å². The first-order valence-corrected chi connectivity index (χ1v) is 12.3. The Morgan fingerprint density at radius 1 is 0.970 bits per heavy atom. The van der Waals surface area contributed by atoms with Crippen molar-refractivity contribution in [1.29, 1.82) is 0 Å². The molecular formula is C24H24ClN3O4S. The zero-order chi connectivity index (χ0) is 23.4. The molecule has 0 radical (unpaired) electrons. The number of aryl methyl sites for hydroxylation is 1. The number of nitrogens with one attached hydrogen (secondary N) is 2. The number of morpholine rings is 1. The lowest BCUT2D eigenvalue weighted by molar-refractivity contribution is 0.102. The number of carbonyl (C=O) groups is 1. The third-order valence-corrected chi connectivity index (χ3v) is 6.99. The third-order valence-electron chi connectivity index (χ3n) is 5.37. The fraction of sp³-hybridized carbons (Fsp3) is 0.208. The lowest BCUT2D eigenvalue weighted by Gasteiger charge is -2.28. The number of nitrogens with zero attached hydrogens (tertiary/aromatic N) is 1. The number of amides is 1. The molecule has 1 amide bonds. The van der Waals surface area contributed by atoms with Crippen molar-refractivity contribution < 1.29 is 17.9 Å². The Labute approximate surface area is 198 Å². The van der Waals surface area contributed by atoms with Crippen LogP contribution in [0.2, 0.25) is 5.02 Å². The van der Waals surface area contributed by atoms with Gasteiger partial charge in [0, 0.05) is 35.1 Å². The van der Waals surface area contributed by atoms with Gasteiger partial charge >= 0.3 is 0 Å². The third kappa shape index (κ3) is 5.65. The van der Waals surface area contributed by atoms with Crippen molar-refractivity contribution >= 4 is 44.6 Å². The van der Waals surface area contributed by atoms with Gasteiger partial charge in [-0.3, -0.25) is 9.52 Å². The predicted molar refractivity (Wildman–Crippen MR) is 131 cm³/mol. The van der Waals surface area contributed by atoms with Gasteiger partial charge in [0.05, 0.1) is 23.8 Å². The van der Waals surface area contributed by atoms with E-state index in [9.17, 15) is 13.2 Å². The van der Waals surface area contributed by atoms with Crippen LogP contribution in [0.4, 0.5) is 17.1 Å². The minimum Gasteiger partial charge on any atom is -0.378 e. The van der Waals surface area contributed by atoms with Gasteiger partial charge < -0.3 is 15.0 Å². The van der Waals surface area contributed by atoms with E-state index < -0.39 is 10.0 Å². The van der Waals surface area contributed by atoms with Crippen LogP contribution in [-0.4, -0.2) is 40.6 Å². The van der Waals surface area contributed by atoms with Crippen LogP contribution < -0.4 is 14.9 Å². The zero-order valence-corrected chi connectivity index (χ0v) is 19.6. The molecule has 0 bridgehead atoms. The number of halogens is 1. The van der Waals surface area contributed by atoms with Crippen LogP contribution >= 0.6 is 11.6 Å². The molecule has 0 aromatic heterocycles. The summed E-state index contributed by atoms with van der Waals surface area (Å²) < 4.78 is 33.4. The number of benzene rings is 3. The summed E-state index contributed by atoms with van der Waals surface area (Å²) in [5.74, 6) is -0.271. The highest BCUT2D eigenvalue weighted by atomic mass is 35.5. The minimum atomic E-state index is -3.80. The first-order chi connectivity index (χ1) is 15.8. The normalized spacial score (nSPS) is 14.1. The maximum atomic E-state index is 12.7. The van der Waals surface area contributed by atoms with Crippen LogP contribution in [0.15, 0.2) is 71.6 Å². The van der Waals surface area contributed by atoms with Gasteiger partial charge in [-0.15, -0.1) is 0 Å². The van der Waals surface area contributed by atoms with Gasteiger partial charge in [0.15, 0.2) is 0 Å². The predicted octanol–water partition coefficient (Wildman–Crippen LogP) is 4.54. The van der Waals surface area contributed by atoms with Crippen LogP contribution in [0.3, 0.4) is 0 Å². The van der Waals surface area contributed by atoms with Gasteiger partial charge in [0.1, 0.15) is 0 Å². The Kier molecular flexibility index (Phi) is 6.88. The Morgan fingerprint density at radius 3 is 2.30 bits per heavy atom. The molecule has 1 aliphatic heterocycles. The second kappa shape index (κ2) is 9.82. The quantitative estimate of drug-likeness (QED) is 0.535. The molecule has 33 heavy (non-hydrogen) atoms. The number of anilines is 3. The molecule has 0 saturated carbocycles. The molecule has 0 unspecified atom stereocenters. The van der Waals surface area contributed by atoms with Crippen LogP contribution in [0.25, 0.3) is 0 Å². The van der Waals surface area contributed by atoms with Gasteiger partial charge in [-0.2, -0.15) is 0 Å². The largest absolute Gasteiger partial charge is 0.378 e. The van der Waals surface area contributed by atoms with E-state index in [1.807, 2.05) is 12.1 Å². The van der Waals surface area contributed by atoms with Gasteiger partial charge in [0.2, 0.25) is 0 Å². The first kappa shape index (κ1) is 23.1. The summed E-state index contributed by atoms with van der Waals surface area (Å²) in [6, 6.07) is 18.4. The molecule has 172 valence electrons. The SMILES string of the molecule is Cc1ccc(Cl)cc1NS(=O)(=O)c1ccc(NC(=O)c2ccc(N3CCOCC3)cc2)cc1. The van der Waals surface area contributed by atoms with Crippen LogP contribution in [0.5, 0.6) is 0 Å². The second-order valence-electron chi connectivity index (χ2n) is 7.69. The molecule has 0 atom stereocenters. The maximum absolute atomic E-state index is 12.7. The van der Waals surface area contributed by atoms with Crippen molar-refractivity contribution in [3.05, 3.63) is 82.9 Å². The topological polar surface area (TPSA) is 87.7 Å². The molecule has 2 N–H and O–H groups in total. The number of carbonyl (C=O) groups excluding carboxylic acids is 1. The second-order valence-corrected chi connectivity index (χ2v) is 9.81. The molecule has 1 aliphatic rings. The summed E-state index contributed by atoms with van der Waals surface area (Å²) in [6.45, 7) is 4.84. The first-order valence-electron chi connectivity index (χ1n) is 10.4. The minimum absolute atomic E-state index is 0.0785. The highest BCUT2D eigenvalue weighted by Gasteiger charge is 2.16. The number of sulfonamides is 1. The Balaban J connectivity index is 1.41. The fourth-order valence-electron chi connectivity index (χ4n) is 3.47. The molecule has 1 fully saturated rings. The Morgan fingerprint density at radius 2 is 1.64 bits per heavy atom. The van der Waals surface area contributed by atoms with E-state index in [4.69, 9.17) is 16.3 Å². The maximum Gasteiger partial charge on any atom is 0.261 e. The van der Waals surface area contributed by atoms with Gasteiger partial charge in [-0.05, 0) is 73.2 Å². The Bertz CT molecular complexity index is 1240. The molecule has 3 aromatic carbocycles. The monoisotopic (exact) mass is 485 g/mol. The fourth-order valence-corrected chi connectivity index (χ4v) is 4.77. The van der Waals surface area contributed by atoms with E-state index in [0.29, 0.717) is 35.2 Å². The van der Waals surface area contributed by atoms with Crippen molar-refractivity contribution in [1.82, 2.24) is 0 Å².